The highest BCUT2D eigenvalue weighted by atomic mass is 16.5. The van der Waals surface area contributed by atoms with Crippen LogP contribution >= 0.6 is 0 Å². The number of piperazine rings is 1. The molecule has 0 aliphatic carbocycles. The first-order chi connectivity index (χ1) is 12.1. The molecule has 3 rings (SSSR count). The lowest BCUT2D eigenvalue weighted by atomic mass is 9.96. The van der Waals surface area contributed by atoms with Gasteiger partial charge in [-0.25, -0.2) is 0 Å². The first-order valence-corrected chi connectivity index (χ1v) is 8.99. The third-order valence-corrected chi connectivity index (χ3v) is 5.29. The summed E-state index contributed by atoms with van der Waals surface area (Å²) in [4.78, 5) is 29.0. The third-order valence-electron chi connectivity index (χ3n) is 5.29. The number of ether oxygens (including phenoxy) is 1. The number of likely N-dealkylation sites (N-methyl/N-ethyl adjacent to an activating group) is 1. The van der Waals surface area contributed by atoms with Crippen LogP contribution in [0, 0.1) is 5.92 Å². The number of nitrogens with zero attached hydrogens (tertiary/aromatic N) is 2. The molecule has 0 aromatic heterocycles. The molecule has 2 saturated heterocycles. The molecule has 0 bridgehead atoms. The summed E-state index contributed by atoms with van der Waals surface area (Å²) in [5.74, 6) is 0.259. The highest BCUT2D eigenvalue weighted by Crippen LogP contribution is 2.27. The van der Waals surface area contributed by atoms with E-state index < -0.39 is 0 Å². The first-order valence-electron chi connectivity index (χ1n) is 8.99. The van der Waals surface area contributed by atoms with E-state index in [2.05, 4.69) is 17.3 Å². The van der Waals surface area contributed by atoms with E-state index in [0.717, 1.165) is 31.5 Å². The van der Waals surface area contributed by atoms with E-state index in [-0.39, 0.29) is 23.8 Å². The fourth-order valence-corrected chi connectivity index (χ4v) is 3.67. The van der Waals surface area contributed by atoms with E-state index in [0.29, 0.717) is 25.3 Å². The second-order valence-corrected chi connectivity index (χ2v) is 6.87. The van der Waals surface area contributed by atoms with Crippen LogP contribution in [-0.2, 0) is 9.53 Å². The summed E-state index contributed by atoms with van der Waals surface area (Å²) in [5, 5.41) is 2.66. The Morgan fingerprint density at radius 3 is 2.68 bits per heavy atom. The molecule has 1 aromatic rings. The van der Waals surface area contributed by atoms with Gasteiger partial charge >= 0.3 is 0 Å². The Balaban J connectivity index is 1.74. The minimum Gasteiger partial charge on any atom is -0.381 e. The van der Waals surface area contributed by atoms with E-state index >= 15 is 0 Å². The number of benzene rings is 1. The van der Waals surface area contributed by atoms with Crippen molar-refractivity contribution in [3.63, 3.8) is 0 Å². The molecular formula is C19H27N3O3. The van der Waals surface area contributed by atoms with Gasteiger partial charge in [0.05, 0.1) is 6.04 Å². The van der Waals surface area contributed by atoms with Crippen LogP contribution in [0.25, 0.3) is 0 Å². The second kappa shape index (κ2) is 7.97. The van der Waals surface area contributed by atoms with E-state index in [1.54, 1.807) is 7.05 Å². The Morgan fingerprint density at radius 1 is 1.20 bits per heavy atom. The summed E-state index contributed by atoms with van der Waals surface area (Å²) in [6, 6.07) is 7.81. The Labute approximate surface area is 149 Å². The standard InChI is InChI=1S/C19H27N3O3/c1-20-18(23)16-5-3-4-15(12-16)17-13-22(9-8-21(17)2)19(24)14-6-10-25-11-7-14/h3-5,12,14,17H,6-11,13H2,1-2H3,(H,20,23)/t17-/m0/s1. The summed E-state index contributed by atoms with van der Waals surface area (Å²) in [5.41, 5.74) is 1.73. The van der Waals surface area contributed by atoms with Crippen LogP contribution in [-0.4, -0.2) is 68.6 Å². The van der Waals surface area contributed by atoms with Gasteiger partial charge in [0.25, 0.3) is 5.91 Å². The van der Waals surface area contributed by atoms with Gasteiger partial charge in [0.1, 0.15) is 0 Å². The summed E-state index contributed by atoms with van der Waals surface area (Å²) >= 11 is 0. The van der Waals surface area contributed by atoms with Crippen molar-refractivity contribution in [2.24, 2.45) is 5.92 Å². The van der Waals surface area contributed by atoms with Gasteiger partial charge in [-0.1, -0.05) is 12.1 Å². The number of nitrogens with one attached hydrogen (secondary N) is 1. The molecule has 2 aliphatic rings. The molecule has 2 heterocycles. The zero-order chi connectivity index (χ0) is 17.8. The van der Waals surface area contributed by atoms with Gasteiger partial charge in [0, 0.05) is 51.4 Å². The summed E-state index contributed by atoms with van der Waals surface area (Å²) in [6.07, 6.45) is 1.64. The van der Waals surface area contributed by atoms with Crippen LogP contribution in [0.2, 0.25) is 0 Å². The monoisotopic (exact) mass is 345 g/mol. The molecule has 0 spiro atoms. The molecular weight excluding hydrogens is 318 g/mol. The molecule has 1 N–H and O–H groups in total. The van der Waals surface area contributed by atoms with E-state index in [9.17, 15) is 9.59 Å². The van der Waals surface area contributed by atoms with Gasteiger partial charge in [0.15, 0.2) is 0 Å². The number of carbonyl (C=O) groups is 2. The predicted octanol–water partition coefficient (Wildman–Crippen LogP) is 1.29. The maximum absolute atomic E-state index is 12.8. The molecule has 0 radical (unpaired) electrons. The summed E-state index contributed by atoms with van der Waals surface area (Å²) < 4.78 is 5.37. The molecule has 1 aromatic carbocycles. The Morgan fingerprint density at radius 2 is 1.96 bits per heavy atom. The zero-order valence-corrected chi connectivity index (χ0v) is 15.0. The molecule has 0 saturated carbocycles. The smallest absolute Gasteiger partial charge is 0.251 e. The fraction of sp³-hybridized carbons (Fsp3) is 0.579. The van der Waals surface area contributed by atoms with Crippen LogP contribution in [0.3, 0.4) is 0 Å². The van der Waals surface area contributed by atoms with Gasteiger partial charge in [0.2, 0.25) is 5.91 Å². The van der Waals surface area contributed by atoms with Gasteiger partial charge < -0.3 is 15.0 Å². The Kier molecular flexibility index (Phi) is 5.71. The third kappa shape index (κ3) is 4.02. The van der Waals surface area contributed by atoms with Crippen molar-refractivity contribution in [2.75, 3.05) is 46.9 Å². The zero-order valence-electron chi connectivity index (χ0n) is 15.0. The number of hydrogen-bond acceptors (Lipinski definition) is 4. The van der Waals surface area contributed by atoms with Crippen molar-refractivity contribution in [1.82, 2.24) is 15.1 Å². The molecule has 1 atom stereocenters. The highest BCUT2D eigenvalue weighted by Gasteiger charge is 2.32. The molecule has 25 heavy (non-hydrogen) atoms. The fourth-order valence-electron chi connectivity index (χ4n) is 3.67. The van der Waals surface area contributed by atoms with Crippen molar-refractivity contribution < 1.29 is 14.3 Å². The maximum Gasteiger partial charge on any atom is 0.251 e. The Hall–Kier alpha value is -1.92. The lowest BCUT2D eigenvalue weighted by Crippen LogP contribution is -2.51. The van der Waals surface area contributed by atoms with Crippen molar-refractivity contribution >= 4 is 11.8 Å². The largest absolute Gasteiger partial charge is 0.381 e. The van der Waals surface area contributed by atoms with Crippen molar-refractivity contribution in [3.05, 3.63) is 35.4 Å². The van der Waals surface area contributed by atoms with Crippen LogP contribution in [0.15, 0.2) is 24.3 Å². The van der Waals surface area contributed by atoms with Crippen molar-refractivity contribution in [1.29, 1.82) is 0 Å². The van der Waals surface area contributed by atoms with Gasteiger partial charge in [-0.2, -0.15) is 0 Å². The number of hydrogen-bond donors (Lipinski definition) is 1. The van der Waals surface area contributed by atoms with Crippen LogP contribution in [0.1, 0.15) is 34.8 Å². The summed E-state index contributed by atoms with van der Waals surface area (Å²) in [7, 11) is 3.71. The molecule has 0 unspecified atom stereocenters. The molecule has 2 amide bonds. The SMILES string of the molecule is CNC(=O)c1cccc([C@@H]2CN(C(=O)C3CCOCC3)CCN2C)c1. The normalized spacial score (nSPS) is 22.6. The van der Waals surface area contributed by atoms with E-state index in [1.165, 1.54) is 0 Å². The number of rotatable bonds is 3. The Bertz CT molecular complexity index is 628. The van der Waals surface area contributed by atoms with Gasteiger partial charge in [-0.3, -0.25) is 14.5 Å². The van der Waals surface area contributed by atoms with Gasteiger partial charge in [-0.15, -0.1) is 0 Å². The van der Waals surface area contributed by atoms with Crippen LogP contribution < -0.4 is 5.32 Å². The molecule has 6 heteroatoms. The van der Waals surface area contributed by atoms with Crippen molar-refractivity contribution in [2.45, 2.75) is 18.9 Å². The number of carbonyl (C=O) groups excluding carboxylic acids is 2. The highest BCUT2D eigenvalue weighted by molar-refractivity contribution is 5.94. The molecule has 2 aliphatic heterocycles. The van der Waals surface area contributed by atoms with Crippen molar-refractivity contribution in [3.8, 4) is 0 Å². The second-order valence-electron chi connectivity index (χ2n) is 6.87. The lowest BCUT2D eigenvalue weighted by Gasteiger charge is -2.41. The topological polar surface area (TPSA) is 61.9 Å². The lowest BCUT2D eigenvalue weighted by molar-refractivity contribution is -0.141. The van der Waals surface area contributed by atoms with E-state index in [1.807, 2.05) is 29.2 Å². The minimum atomic E-state index is -0.0875. The van der Waals surface area contributed by atoms with Crippen LogP contribution in [0.4, 0.5) is 0 Å². The first kappa shape index (κ1) is 17.9. The number of amides is 2. The average Bonchev–Trinajstić information content (AvgIpc) is 2.68. The van der Waals surface area contributed by atoms with Gasteiger partial charge in [-0.05, 0) is 37.6 Å². The average molecular weight is 345 g/mol. The summed E-state index contributed by atoms with van der Waals surface area (Å²) in [6.45, 7) is 3.63. The molecule has 136 valence electrons. The molecule has 2 fully saturated rings. The maximum atomic E-state index is 12.8. The van der Waals surface area contributed by atoms with E-state index in [4.69, 9.17) is 4.74 Å². The quantitative estimate of drug-likeness (QED) is 0.897. The van der Waals surface area contributed by atoms with Crippen LogP contribution in [0.5, 0.6) is 0 Å². The predicted molar refractivity (Wildman–Crippen MR) is 95.3 cm³/mol. The molecule has 6 nitrogen and oxygen atoms in total. The minimum absolute atomic E-state index is 0.0875.